The van der Waals surface area contributed by atoms with Gasteiger partial charge in [0.05, 0.1) is 15.9 Å². The summed E-state index contributed by atoms with van der Waals surface area (Å²) in [6.45, 7) is 3.21. The molecule has 2 atom stereocenters. The number of fused-ring (bicyclic) bond motifs is 1. The van der Waals surface area contributed by atoms with Gasteiger partial charge in [0.25, 0.3) is 0 Å². The zero-order chi connectivity index (χ0) is 12.9. The van der Waals surface area contributed by atoms with E-state index in [1.807, 2.05) is 0 Å². The van der Waals surface area contributed by atoms with Crippen molar-refractivity contribution < 1.29 is 0 Å². The van der Waals surface area contributed by atoms with Gasteiger partial charge in [-0.3, -0.25) is 4.68 Å². The van der Waals surface area contributed by atoms with Crippen molar-refractivity contribution in [1.29, 1.82) is 0 Å². The SMILES string of the molecule is CNCC1(Cc2c(Br)c(C)nn2C)CC2CC2C1. The molecule has 2 aliphatic rings. The second-order valence-electron chi connectivity index (χ2n) is 6.34. The highest BCUT2D eigenvalue weighted by atomic mass is 79.9. The topological polar surface area (TPSA) is 29.9 Å². The van der Waals surface area contributed by atoms with Crippen molar-refractivity contribution in [2.45, 2.75) is 32.6 Å². The summed E-state index contributed by atoms with van der Waals surface area (Å²) in [5.41, 5.74) is 2.93. The quantitative estimate of drug-likeness (QED) is 0.926. The molecule has 0 amide bonds. The van der Waals surface area contributed by atoms with E-state index in [1.165, 1.54) is 29.4 Å². The molecule has 1 aromatic heterocycles. The normalized spacial score (nSPS) is 33.8. The third-order valence-electron chi connectivity index (χ3n) is 4.82. The molecule has 0 bridgehead atoms. The first-order valence-corrected chi connectivity index (χ1v) is 7.66. The van der Waals surface area contributed by atoms with E-state index in [4.69, 9.17) is 0 Å². The lowest BCUT2D eigenvalue weighted by Gasteiger charge is -2.31. The Morgan fingerprint density at radius 3 is 2.61 bits per heavy atom. The van der Waals surface area contributed by atoms with Crippen LogP contribution in [0.4, 0.5) is 0 Å². The second kappa shape index (κ2) is 4.34. The number of nitrogens with one attached hydrogen (secondary N) is 1. The van der Waals surface area contributed by atoms with E-state index in [0.29, 0.717) is 5.41 Å². The van der Waals surface area contributed by atoms with Crippen molar-refractivity contribution in [3.8, 4) is 0 Å². The van der Waals surface area contributed by atoms with Crippen molar-refractivity contribution in [3.63, 3.8) is 0 Å². The van der Waals surface area contributed by atoms with Gasteiger partial charge in [-0.1, -0.05) is 0 Å². The number of aryl methyl sites for hydroxylation is 2. The molecule has 3 nitrogen and oxygen atoms in total. The monoisotopic (exact) mass is 311 g/mol. The first kappa shape index (κ1) is 12.7. The van der Waals surface area contributed by atoms with E-state index in [2.05, 4.69) is 52.0 Å². The molecule has 0 spiro atoms. The molecule has 2 saturated carbocycles. The van der Waals surface area contributed by atoms with Crippen LogP contribution >= 0.6 is 15.9 Å². The fourth-order valence-electron chi connectivity index (χ4n) is 3.96. The standard InChI is InChI=1S/C14H22BrN3/c1-9-13(15)12(18(3)17-9)7-14(8-16-2)5-10-4-11(10)6-14/h10-11,16H,4-8H2,1-3H3. The Morgan fingerprint density at radius 1 is 1.44 bits per heavy atom. The summed E-state index contributed by atoms with van der Waals surface area (Å²) in [5, 5.41) is 7.94. The molecule has 0 aliphatic heterocycles. The van der Waals surface area contributed by atoms with Crippen molar-refractivity contribution in [1.82, 2.24) is 15.1 Å². The van der Waals surface area contributed by atoms with Gasteiger partial charge < -0.3 is 5.32 Å². The van der Waals surface area contributed by atoms with Crippen molar-refractivity contribution >= 4 is 15.9 Å². The highest BCUT2D eigenvalue weighted by molar-refractivity contribution is 9.10. The van der Waals surface area contributed by atoms with Crippen molar-refractivity contribution in [2.24, 2.45) is 24.3 Å². The van der Waals surface area contributed by atoms with Gasteiger partial charge in [-0.15, -0.1) is 0 Å². The number of hydrogen-bond acceptors (Lipinski definition) is 2. The summed E-state index contributed by atoms with van der Waals surface area (Å²) >= 11 is 3.71. The molecule has 0 saturated heterocycles. The van der Waals surface area contributed by atoms with Crippen LogP contribution < -0.4 is 5.32 Å². The zero-order valence-corrected chi connectivity index (χ0v) is 13.0. The van der Waals surface area contributed by atoms with Gasteiger partial charge in [0.15, 0.2) is 0 Å². The average Bonchev–Trinajstić information content (AvgIpc) is 2.86. The van der Waals surface area contributed by atoms with Crippen LogP contribution in [-0.2, 0) is 13.5 Å². The van der Waals surface area contributed by atoms with Gasteiger partial charge >= 0.3 is 0 Å². The van der Waals surface area contributed by atoms with Gasteiger partial charge in [-0.05, 0) is 72.8 Å². The molecule has 1 N–H and O–H groups in total. The number of nitrogens with zero attached hydrogens (tertiary/aromatic N) is 2. The fraction of sp³-hybridized carbons (Fsp3) is 0.786. The minimum Gasteiger partial charge on any atom is -0.319 e. The lowest BCUT2D eigenvalue weighted by molar-refractivity contribution is 0.249. The van der Waals surface area contributed by atoms with E-state index in [9.17, 15) is 0 Å². The highest BCUT2D eigenvalue weighted by Gasteiger charge is 2.53. The Bertz CT molecular complexity index is 456. The molecular formula is C14H22BrN3. The van der Waals surface area contributed by atoms with Gasteiger partial charge in [-0.2, -0.15) is 5.10 Å². The van der Waals surface area contributed by atoms with E-state index in [0.717, 1.165) is 30.5 Å². The van der Waals surface area contributed by atoms with Crippen LogP contribution in [-0.4, -0.2) is 23.4 Å². The van der Waals surface area contributed by atoms with Gasteiger partial charge in [0.2, 0.25) is 0 Å². The largest absolute Gasteiger partial charge is 0.319 e. The summed E-state index contributed by atoms with van der Waals surface area (Å²) in [7, 11) is 4.14. The fourth-order valence-corrected chi connectivity index (χ4v) is 4.44. The predicted octanol–water partition coefficient (Wildman–Crippen LogP) is 2.67. The van der Waals surface area contributed by atoms with E-state index in [1.54, 1.807) is 0 Å². The smallest absolute Gasteiger partial charge is 0.0738 e. The number of halogens is 1. The van der Waals surface area contributed by atoms with E-state index >= 15 is 0 Å². The third-order valence-corrected chi connectivity index (χ3v) is 5.85. The zero-order valence-electron chi connectivity index (χ0n) is 11.5. The number of aromatic nitrogens is 2. The van der Waals surface area contributed by atoms with E-state index in [-0.39, 0.29) is 0 Å². The van der Waals surface area contributed by atoms with Crippen LogP contribution in [0.15, 0.2) is 4.47 Å². The highest BCUT2D eigenvalue weighted by Crippen LogP contribution is 2.60. The molecule has 0 aromatic carbocycles. The summed E-state index contributed by atoms with van der Waals surface area (Å²) < 4.78 is 3.27. The second-order valence-corrected chi connectivity index (χ2v) is 7.13. The molecule has 2 aliphatic carbocycles. The summed E-state index contributed by atoms with van der Waals surface area (Å²) in [6.07, 6.45) is 5.43. The maximum atomic E-state index is 4.52. The van der Waals surface area contributed by atoms with Crippen LogP contribution in [0.2, 0.25) is 0 Å². The Morgan fingerprint density at radius 2 is 2.11 bits per heavy atom. The Labute approximate surface area is 117 Å². The molecule has 1 heterocycles. The first-order chi connectivity index (χ1) is 8.54. The summed E-state index contributed by atoms with van der Waals surface area (Å²) in [4.78, 5) is 0. The van der Waals surface area contributed by atoms with Gasteiger partial charge in [0, 0.05) is 13.6 Å². The Hall–Kier alpha value is -0.350. The Balaban J connectivity index is 1.84. The first-order valence-electron chi connectivity index (χ1n) is 6.87. The molecule has 3 rings (SSSR count). The molecule has 2 unspecified atom stereocenters. The van der Waals surface area contributed by atoms with Crippen molar-refractivity contribution in [2.75, 3.05) is 13.6 Å². The lowest BCUT2D eigenvalue weighted by atomic mass is 9.78. The summed E-state index contributed by atoms with van der Waals surface area (Å²) in [5.74, 6) is 2.04. The molecule has 18 heavy (non-hydrogen) atoms. The van der Waals surface area contributed by atoms with Crippen molar-refractivity contribution in [3.05, 3.63) is 15.9 Å². The van der Waals surface area contributed by atoms with Crippen LogP contribution in [0.5, 0.6) is 0 Å². The molecule has 100 valence electrons. The number of hydrogen-bond donors (Lipinski definition) is 1. The van der Waals surface area contributed by atoms with E-state index < -0.39 is 0 Å². The lowest BCUT2D eigenvalue weighted by Crippen LogP contribution is -2.34. The molecule has 0 radical (unpaired) electrons. The molecule has 4 heteroatoms. The predicted molar refractivity (Wildman–Crippen MR) is 76.5 cm³/mol. The maximum absolute atomic E-state index is 4.52. The van der Waals surface area contributed by atoms with Crippen LogP contribution in [0.3, 0.4) is 0 Å². The summed E-state index contributed by atoms with van der Waals surface area (Å²) in [6, 6.07) is 0. The Kier molecular flexibility index (Phi) is 3.06. The average molecular weight is 312 g/mol. The minimum atomic E-state index is 0.463. The van der Waals surface area contributed by atoms with Crippen LogP contribution in [0.25, 0.3) is 0 Å². The van der Waals surface area contributed by atoms with Gasteiger partial charge in [-0.25, -0.2) is 0 Å². The molecular weight excluding hydrogens is 290 g/mol. The number of rotatable bonds is 4. The molecule has 1 aromatic rings. The minimum absolute atomic E-state index is 0.463. The van der Waals surface area contributed by atoms with Crippen LogP contribution in [0, 0.1) is 24.2 Å². The molecule has 2 fully saturated rings. The van der Waals surface area contributed by atoms with Gasteiger partial charge in [0.1, 0.15) is 0 Å². The maximum Gasteiger partial charge on any atom is 0.0738 e. The third kappa shape index (κ3) is 2.03. The van der Waals surface area contributed by atoms with Crippen LogP contribution in [0.1, 0.15) is 30.7 Å².